The Morgan fingerprint density at radius 1 is 1.12 bits per heavy atom. The smallest absolute Gasteiger partial charge is 0.336 e. The molecule has 4 rings (SSSR count). The van der Waals surface area contributed by atoms with E-state index in [9.17, 15) is 9.59 Å². The summed E-state index contributed by atoms with van der Waals surface area (Å²) >= 11 is 3.46. The zero-order chi connectivity index (χ0) is 17.6. The van der Waals surface area contributed by atoms with E-state index in [-0.39, 0.29) is 30.8 Å². The van der Waals surface area contributed by atoms with Crippen LogP contribution in [0.4, 0.5) is 5.69 Å². The van der Waals surface area contributed by atoms with Gasteiger partial charge in [0.25, 0.3) is 0 Å². The molecule has 0 spiro atoms. The van der Waals surface area contributed by atoms with Crippen LogP contribution in [0.3, 0.4) is 0 Å². The summed E-state index contributed by atoms with van der Waals surface area (Å²) < 4.78 is 6.22. The average molecular weight is 398 g/mol. The van der Waals surface area contributed by atoms with Gasteiger partial charge in [-0.3, -0.25) is 9.69 Å². The fourth-order valence-corrected chi connectivity index (χ4v) is 3.95. The summed E-state index contributed by atoms with van der Waals surface area (Å²) in [5, 5.41) is 0. The lowest BCUT2D eigenvalue weighted by atomic mass is 9.84. The molecular weight excluding hydrogens is 382 g/mol. The first-order valence-corrected chi connectivity index (χ1v) is 8.89. The van der Waals surface area contributed by atoms with Gasteiger partial charge in [0.1, 0.15) is 6.61 Å². The van der Waals surface area contributed by atoms with Crippen LogP contribution in [0.5, 0.6) is 0 Å². The van der Waals surface area contributed by atoms with E-state index < -0.39 is 0 Å². The lowest BCUT2D eigenvalue weighted by Gasteiger charge is -2.32. The summed E-state index contributed by atoms with van der Waals surface area (Å²) in [7, 11) is 0. The Morgan fingerprint density at radius 3 is 2.68 bits per heavy atom. The molecule has 5 heteroatoms. The van der Waals surface area contributed by atoms with Crippen molar-refractivity contribution >= 4 is 33.5 Å². The Kier molecular flexibility index (Phi) is 3.96. The van der Waals surface area contributed by atoms with Crippen molar-refractivity contribution < 1.29 is 14.3 Å². The van der Waals surface area contributed by atoms with Gasteiger partial charge in [0, 0.05) is 22.5 Å². The summed E-state index contributed by atoms with van der Waals surface area (Å²) in [6.07, 6.45) is 0.248. The molecule has 0 aliphatic carbocycles. The first-order valence-electron chi connectivity index (χ1n) is 8.10. The van der Waals surface area contributed by atoms with Gasteiger partial charge in [0.05, 0.1) is 11.3 Å². The molecule has 0 fully saturated rings. The molecule has 1 amide bonds. The zero-order valence-electron chi connectivity index (χ0n) is 13.7. The number of aryl methyl sites for hydroxylation is 1. The molecule has 0 aromatic heterocycles. The van der Waals surface area contributed by atoms with Crippen molar-refractivity contribution in [1.82, 2.24) is 0 Å². The number of anilines is 1. The van der Waals surface area contributed by atoms with Crippen molar-refractivity contribution in [2.24, 2.45) is 0 Å². The number of esters is 1. The molecule has 2 heterocycles. The minimum absolute atomic E-state index is 0.0207. The van der Waals surface area contributed by atoms with Gasteiger partial charge in [-0.15, -0.1) is 0 Å². The van der Waals surface area contributed by atoms with Crippen LogP contribution >= 0.6 is 15.9 Å². The Balaban J connectivity index is 1.84. The van der Waals surface area contributed by atoms with Gasteiger partial charge < -0.3 is 4.74 Å². The molecule has 0 saturated heterocycles. The molecule has 0 saturated carbocycles. The Labute approximate surface area is 154 Å². The Bertz CT molecular complexity index is 919. The third-order valence-corrected chi connectivity index (χ3v) is 5.12. The van der Waals surface area contributed by atoms with Crippen LogP contribution in [0.1, 0.15) is 23.5 Å². The third kappa shape index (κ3) is 2.78. The molecule has 2 aliphatic rings. The van der Waals surface area contributed by atoms with Gasteiger partial charge in [-0.2, -0.15) is 0 Å². The number of hydrogen-bond acceptors (Lipinski definition) is 3. The second kappa shape index (κ2) is 6.15. The number of nitrogens with zero attached hydrogens (tertiary/aromatic N) is 1. The first-order chi connectivity index (χ1) is 12.0. The maximum Gasteiger partial charge on any atom is 0.336 e. The second-order valence-corrected chi connectivity index (χ2v) is 7.23. The van der Waals surface area contributed by atoms with Crippen molar-refractivity contribution in [3.05, 3.63) is 75.4 Å². The molecule has 0 radical (unpaired) electrons. The highest BCUT2D eigenvalue weighted by Gasteiger charge is 2.42. The highest BCUT2D eigenvalue weighted by molar-refractivity contribution is 9.10. The van der Waals surface area contributed by atoms with Crippen LogP contribution in [-0.4, -0.2) is 18.5 Å². The van der Waals surface area contributed by atoms with Gasteiger partial charge in [-0.05, 0) is 42.3 Å². The van der Waals surface area contributed by atoms with Crippen molar-refractivity contribution in [2.75, 3.05) is 11.5 Å². The topological polar surface area (TPSA) is 46.6 Å². The number of hydrogen-bond donors (Lipinski definition) is 0. The van der Waals surface area contributed by atoms with E-state index in [4.69, 9.17) is 4.74 Å². The van der Waals surface area contributed by atoms with E-state index >= 15 is 0 Å². The SMILES string of the molecule is Cc1cccc(N2C(=O)CC(c3cccc(Br)c3)C3=C2COC3=O)c1. The predicted molar refractivity (Wildman–Crippen MR) is 98.2 cm³/mol. The molecule has 126 valence electrons. The van der Waals surface area contributed by atoms with Crippen molar-refractivity contribution in [1.29, 1.82) is 0 Å². The van der Waals surface area contributed by atoms with E-state index in [0.717, 1.165) is 21.3 Å². The van der Waals surface area contributed by atoms with Crippen LogP contribution in [-0.2, 0) is 14.3 Å². The van der Waals surface area contributed by atoms with Crippen LogP contribution in [0.15, 0.2) is 64.3 Å². The van der Waals surface area contributed by atoms with Crippen LogP contribution < -0.4 is 4.90 Å². The third-order valence-electron chi connectivity index (χ3n) is 4.63. The van der Waals surface area contributed by atoms with Gasteiger partial charge in [-0.25, -0.2) is 4.79 Å². The molecule has 25 heavy (non-hydrogen) atoms. The fourth-order valence-electron chi connectivity index (χ4n) is 3.53. The molecule has 4 nitrogen and oxygen atoms in total. The van der Waals surface area contributed by atoms with Crippen molar-refractivity contribution in [3.8, 4) is 0 Å². The molecule has 0 N–H and O–H groups in total. The summed E-state index contributed by atoms with van der Waals surface area (Å²) in [6, 6.07) is 15.5. The lowest BCUT2D eigenvalue weighted by molar-refractivity contribution is -0.136. The number of amides is 1. The largest absolute Gasteiger partial charge is 0.456 e. The maximum atomic E-state index is 12.9. The van der Waals surface area contributed by atoms with Crippen molar-refractivity contribution in [3.63, 3.8) is 0 Å². The van der Waals surface area contributed by atoms with Gasteiger partial charge in [0.2, 0.25) is 5.91 Å². The van der Waals surface area contributed by atoms with E-state index in [1.165, 1.54) is 0 Å². The highest BCUT2D eigenvalue weighted by atomic mass is 79.9. The summed E-state index contributed by atoms with van der Waals surface area (Å²) in [5.74, 6) is -0.617. The van der Waals surface area contributed by atoms with E-state index in [1.54, 1.807) is 4.90 Å². The predicted octanol–water partition coefficient (Wildman–Crippen LogP) is 4.09. The quantitative estimate of drug-likeness (QED) is 0.716. The summed E-state index contributed by atoms with van der Waals surface area (Å²) in [4.78, 5) is 27.0. The minimum atomic E-state index is -0.329. The molecule has 2 aliphatic heterocycles. The van der Waals surface area contributed by atoms with E-state index in [2.05, 4.69) is 15.9 Å². The normalized spacial score (nSPS) is 19.9. The van der Waals surface area contributed by atoms with E-state index in [0.29, 0.717) is 11.3 Å². The Hall–Kier alpha value is -2.40. The van der Waals surface area contributed by atoms with Gasteiger partial charge in [0.15, 0.2) is 0 Å². The first kappa shape index (κ1) is 16.1. The summed E-state index contributed by atoms with van der Waals surface area (Å²) in [6.45, 7) is 2.12. The highest BCUT2D eigenvalue weighted by Crippen LogP contribution is 2.42. The second-order valence-electron chi connectivity index (χ2n) is 6.32. The maximum absolute atomic E-state index is 12.9. The van der Waals surface area contributed by atoms with E-state index in [1.807, 2.05) is 55.5 Å². The molecule has 2 aromatic rings. The number of carbonyl (C=O) groups is 2. The molecule has 1 atom stereocenters. The number of rotatable bonds is 2. The van der Waals surface area contributed by atoms with Crippen LogP contribution in [0.2, 0.25) is 0 Å². The fraction of sp³-hybridized carbons (Fsp3) is 0.200. The molecule has 2 aromatic carbocycles. The lowest BCUT2D eigenvalue weighted by Crippen LogP contribution is -2.37. The number of halogens is 1. The van der Waals surface area contributed by atoms with Gasteiger partial charge in [-0.1, -0.05) is 40.2 Å². The number of carbonyl (C=O) groups excluding carboxylic acids is 2. The van der Waals surface area contributed by atoms with Crippen LogP contribution in [0.25, 0.3) is 0 Å². The standard InChI is InChI=1S/C20H16BrNO3/c1-12-4-2-7-15(8-12)22-17-11-25-20(24)19(17)16(10-18(22)23)13-5-3-6-14(21)9-13/h2-9,16H,10-11H2,1H3. The molecular formula is C20H16BrNO3. The monoisotopic (exact) mass is 397 g/mol. The van der Waals surface area contributed by atoms with Crippen LogP contribution in [0, 0.1) is 6.92 Å². The number of ether oxygens (including phenoxy) is 1. The number of benzene rings is 2. The average Bonchev–Trinajstić information content (AvgIpc) is 2.96. The zero-order valence-corrected chi connectivity index (χ0v) is 15.2. The summed E-state index contributed by atoms with van der Waals surface area (Å²) in [5.41, 5.74) is 4.05. The Morgan fingerprint density at radius 2 is 1.92 bits per heavy atom. The number of cyclic esters (lactones) is 1. The minimum Gasteiger partial charge on any atom is -0.456 e. The van der Waals surface area contributed by atoms with Crippen molar-refractivity contribution in [2.45, 2.75) is 19.3 Å². The molecule has 1 unspecified atom stereocenters. The van der Waals surface area contributed by atoms with Gasteiger partial charge >= 0.3 is 5.97 Å². The molecule has 0 bridgehead atoms.